The average Bonchev–Trinajstić information content (AvgIpc) is 2.99. The van der Waals surface area contributed by atoms with Gasteiger partial charge in [-0.25, -0.2) is 17.6 Å². The molecule has 41 heavy (non-hydrogen) atoms. The molecule has 3 aromatic rings. The molecular formula is C37H42F4. The van der Waals surface area contributed by atoms with Crippen molar-refractivity contribution < 1.29 is 17.6 Å². The van der Waals surface area contributed by atoms with Crippen LogP contribution in [0.25, 0.3) is 27.8 Å². The summed E-state index contributed by atoms with van der Waals surface area (Å²) in [5.41, 5.74) is 2.83. The first-order chi connectivity index (χ1) is 19.9. The number of hydrogen-bond donors (Lipinski definition) is 0. The van der Waals surface area contributed by atoms with Crippen molar-refractivity contribution in [3.05, 3.63) is 101 Å². The van der Waals surface area contributed by atoms with Crippen LogP contribution in [-0.2, 0) is 6.42 Å². The number of hydrogen-bond acceptors (Lipinski definition) is 0. The normalized spacial score (nSPS) is 15.5. The van der Waals surface area contributed by atoms with Crippen molar-refractivity contribution in [3.8, 4) is 22.3 Å². The lowest BCUT2D eigenvalue weighted by atomic mass is 9.85. The van der Waals surface area contributed by atoms with Crippen LogP contribution in [0.4, 0.5) is 17.6 Å². The van der Waals surface area contributed by atoms with E-state index in [-0.39, 0.29) is 11.1 Å². The molecule has 4 rings (SSSR count). The van der Waals surface area contributed by atoms with Crippen LogP contribution in [0.3, 0.4) is 0 Å². The van der Waals surface area contributed by atoms with Crippen LogP contribution in [0, 0.1) is 29.2 Å². The van der Waals surface area contributed by atoms with Crippen LogP contribution < -0.4 is 0 Å². The third-order valence-corrected chi connectivity index (χ3v) is 8.31. The van der Waals surface area contributed by atoms with E-state index >= 15 is 13.2 Å². The number of aryl methyl sites for hydroxylation is 1. The minimum absolute atomic E-state index is 0.147. The average molecular weight is 563 g/mol. The summed E-state index contributed by atoms with van der Waals surface area (Å²) < 4.78 is 60.2. The van der Waals surface area contributed by atoms with Crippen LogP contribution >= 0.6 is 0 Å². The van der Waals surface area contributed by atoms with Crippen molar-refractivity contribution >= 4 is 5.57 Å². The van der Waals surface area contributed by atoms with Crippen molar-refractivity contribution in [1.82, 2.24) is 0 Å². The predicted molar refractivity (Wildman–Crippen MR) is 164 cm³/mol. The van der Waals surface area contributed by atoms with Gasteiger partial charge in [0.15, 0.2) is 23.3 Å². The lowest BCUT2D eigenvalue weighted by Gasteiger charge is -2.20. The highest BCUT2D eigenvalue weighted by Crippen LogP contribution is 2.36. The largest absolute Gasteiger partial charge is 0.203 e. The summed E-state index contributed by atoms with van der Waals surface area (Å²) in [6.45, 7) is 4.19. The van der Waals surface area contributed by atoms with E-state index < -0.39 is 23.3 Å². The van der Waals surface area contributed by atoms with Gasteiger partial charge in [-0.05, 0) is 67.2 Å². The fourth-order valence-corrected chi connectivity index (χ4v) is 5.85. The second-order valence-corrected chi connectivity index (χ2v) is 11.3. The summed E-state index contributed by atoms with van der Waals surface area (Å²) in [5, 5.41) is 0. The summed E-state index contributed by atoms with van der Waals surface area (Å²) in [6.07, 6.45) is 18.4. The van der Waals surface area contributed by atoms with Gasteiger partial charge in [0, 0.05) is 16.7 Å². The van der Waals surface area contributed by atoms with E-state index in [0.29, 0.717) is 41.0 Å². The Kier molecular flexibility index (Phi) is 11.4. The Morgan fingerprint density at radius 1 is 0.659 bits per heavy atom. The number of rotatable bonds is 13. The Morgan fingerprint density at radius 2 is 1.20 bits per heavy atom. The number of allylic oxidation sites excluding steroid dienone is 4. The molecule has 0 fully saturated rings. The Labute approximate surface area is 243 Å². The van der Waals surface area contributed by atoms with Crippen LogP contribution in [-0.4, -0.2) is 0 Å². The molecule has 0 amide bonds. The van der Waals surface area contributed by atoms with Gasteiger partial charge in [-0.2, -0.15) is 0 Å². The first-order valence-corrected chi connectivity index (χ1v) is 15.3. The maximum Gasteiger partial charge on any atom is 0.167 e. The first-order valence-electron chi connectivity index (χ1n) is 15.3. The minimum Gasteiger partial charge on any atom is -0.203 e. The van der Waals surface area contributed by atoms with E-state index in [1.807, 2.05) is 19.1 Å². The quantitative estimate of drug-likeness (QED) is 0.110. The molecular weight excluding hydrogens is 520 g/mol. The second-order valence-electron chi connectivity index (χ2n) is 11.3. The van der Waals surface area contributed by atoms with Crippen LogP contribution in [0.15, 0.2) is 66.8 Å². The lowest BCUT2D eigenvalue weighted by molar-refractivity contribution is 0.497. The molecule has 0 nitrogen and oxygen atoms in total. The van der Waals surface area contributed by atoms with Gasteiger partial charge in [0.05, 0.1) is 0 Å². The zero-order valence-corrected chi connectivity index (χ0v) is 24.4. The Hall–Kier alpha value is -3.14. The number of halogens is 4. The van der Waals surface area contributed by atoms with Gasteiger partial charge >= 0.3 is 0 Å². The van der Waals surface area contributed by atoms with E-state index in [4.69, 9.17) is 0 Å². The Balaban J connectivity index is 1.41. The smallest absolute Gasteiger partial charge is 0.167 e. The van der Waals surface area contributed by atoms with Gasteiger partial charge in [-0.1, -0.05) is 119 Å². The number of unbranched alkanes of at least 4 members (excludes halogenated alkanes) is 7. The summed E-state index contributed by atoms with van der Waals surface area (Å²) in [6, 6.07) is 13.0. The maximum atomic E-state index is 15.2. The van der Waals surface area contributed by atoms with Crippen molar-refractivity contribution in [1.29, 1.82) is 0 Å². The molecule has 1 aliphatic carbocycles. The van der Waals surface area contributed by atoms with E-state index in [0.717, 1.165) is 37.7 Å². The molecule has 1 unspecified atom stereocenters. The maximum absolute atomic E-state index is 15.2. The molecule has 218 valence electrons. The van der Waals surface area contributed by atoms with Gasteiger partial charge in [0.25, 0.3) is 0 Å². The molecule has 0 radical (unpaired) electrons. The second kappa shape index (κ2) is 15.2. The van der Waals surface area contributed by atoms with E-state index in [9.17, 15) is 4.39 Å². The summed E-state index contributed by atoms with van der Waals surface area (Å²) in [5.74, 6) is -2.96. The summed E-state index contributed by atoms with van der Waals surface area (Å²) in [4.78, 5) is 0. The number of benzene rings is 3. The van der Waals surface area contributed by atoms with Crippen LogP contribution in [0.2, 0.25) is 0 Å². The van der Waals surface area contributed by atoms with Crippen molar-refractivity contribution in [2.75, 3.05) is 0 Å². The Morgan fingerprint density at radius 3 is 1.78 bits per heavy atom. The SMILES string of the molecule is C/C=C/C1CC=C(c2ccc(-c3ccc(-c4ccc(CCCCCCCCCC)c(F)c4F)cc3)c(F)c2F)CC1. The fraction of sp³-hybridized carbons (Fsp3) is 0.405. The van der Waals surface area contributed by atoms with E-state index in [1.54, 1.807) is 48.5 Å². The first kappa shape index (κ1) is 30.8. The summed E-state index contributed by atoms with van der Waals surface area (Å²) >= 11 is 0. The molecule has 0 saturated carbocycles. The van der Waals surface area contributed by atoms with Gasteiger partial charge in [-0.15, -0.1) is 0 Å². The van der Waals surface area contributed by atoms with Gasteiger partial charge in [-0.3, -0.25) is 0 Å². The Bertz CT molecular complexity index is 1350. The topological polar surface area (TPSA) is 0 Å². The molecule has 0 aliphatic heterocycles. The molecule has 0 aromatic heterocycles. The highest BCUT2D eigenvalue weighted by Gasteiger charge is 2.21. The molecule has 0 N–H and O–H groups in total. The van der Waals surface area contributed by atoms with Crippen molar-refractivity contribution in [2.45, 2.75) is 90.9 Å². The monoisotopic (exact) mass is 562 g/mol. The third-order valence-electron chi connectivity index (χ3n) is 8.31. The van der Waals surface area contributed by atoms with E-state index in [1.165, 1.54) is 32.1 Å². The van der Waals surface area contributed by atoms with Crippen LogP contribution in [0.1, 0.15) is 95.6 Å². The molecule has 4 heteroatoms. The highest BCUT2D eigenvalue weighted by atomic mass is 19.2. The van der Waals surface area contributed by atoms with Crippen LogP contribution in [0.5, 0.6) is 0 Å². The molecule has 1 atom stereocenters. The minimum atomic E-state index is -0.894. The lowest BCUT2D eigenvalue weighted by Crippen LogP contribution is -2.05. The van der Waals surface area contributed by atoms with Crippen molar-refractivity contribution in [3.63, 3.8) is 0 Å². The molecule has 0 bridgehead atoms. The van der Waals surface area contributed by atoms with E-state index in [2.05, 4.69) is 13.0 Å². The zero-order chi connectivity index (χ0) is 29.2. The molecule has 0 saturated heterocycles. The fourth-order valence-electron chi connectivity index (χ4n) is 5.85. The van der Waals surface area contributed by atoms with Crippen molar-refractivity contribution in [2.24, 2.45) is 5.92 Å². The predicted octanol–water partition coefficient (Wildman–Crippen LogP) is 12.0. The molecule has 0 heterocycles. The highest BCUT2D eigenvalue weighted by molar-refractivity contribution is 5.74. The molecule has 0 spiro atoms. The standard InChI is InChI=1S/C37H42F4/c1-3-5-6-7-8-9-10-11-13-30-22-23-31(35(39)34(30)38)28-18-20-29(21-19-28)33-25-24-32(36(40)37(33)41)27-16-14-26(12-4-2)15-17-27/h4,12,16,18-26H,3,5-11,13-15,17H2,1-2H3/b12-4+. The van der Waals surface area contributed by atoms with Gasteiger partial charge in [0.1, 0.15) is 0 Å². The summed E-state index contributed by atoms with van der Waals surface area (Å²) in [7, 11) is 0. The molecule has 1 aliphatic rings. The van der Waals surface area contributed by atoms with Gasteiger partial charge < -0.3 is 0 Å². The van der Waals surface area contributed by atoms with Gasteiger partial charge in [0.2, 0.25) is 0 Å². The third kappa shape index (κ3) is 7.78. The molecule has 3 aromatic carbocycles. The zero-order valence-electron chi connectivity index (χ0n) is 24.4.